The van der Waals surface area contributed by atoms with Gasteiger partial charge in [-0.25, -0.2) is 5.43 Å². The van der Waals surface area contributed by atoms with E-state index < -0.39 is 0 Å². The molecular weight excluding hydrogens is 624 g/mol. The number of halogens is 1. The van der Waals surface area contributed by atoms with Crippen molar-refractivity contribution in [3.05, 3.63) is 131 Å². The van der Waals surface area contributed by atoms with Crippen molar-refractivity contribution in [3.63, 3.8) is 0 Å². The summed E-state index contributed by atoms with van der Waals surface area (Å²) >= 11 is 4.79. The molecule has 2 aromatic heterocycles. The third kappa shape index (κ3) is 6.82. The Morgan fingerprint density at radius 2 is 1.74 bits per heavy atom. The molecule has 6 aromatic rings. The second kappa shape index (κ2) is 13.5. The minimum Gasteiger partial charge on any atom is -0.488 e. The van der Waals surface area contributed by atoms with Gasteiger partial charge in [-0.2, -0.15) is 5.10 Å². The van der Waals surface area contributed by atoms with Crippen LogP contribution in [0.15, 0.2) is 130 Å². The average molecular weight is 650 g/mol. The zero-order valence-corrected chi connectivity index (χ0v) is 25.2. The van der Waals surface area contributed by atoms with Crippen molar-refractivity contribution in [2.75, 3.05) is 5.75 Å². The highest BCUT2D eigenvalue weighted by Gasteiger charge is 2.17. The number of para-hydroxylation sites is 1. The fourth-order valence-electron chi connectivity index (χ4n) is 4.51. The first-order chi connectivity index (χ1) is 21.2. The number of nitrogens with zero attached hydrogens (tertiary/aromatic N) is 5. The number of hydrogen-bond donors (Lipinski definition) is 1. The summed E-state index contributed by atoms with van der Waals surface area (Å²) in [6, 6.07) is 33.5. The van der Waals surface area contributed by atoms with E-state index >= 15 is 0 Å². The Morgan fingerprint density at radius 1 is 0.930 bits per heavy atom. The monoisotopic (exact) mass is 648 g/mol. The van der Waals surface area contributed by atoms with E-state index in [0.29, 0.717) is 23.3 Å². The number of benzene rings is 4. The molecule has 2 heterocycles. The van der Waals surface area contributed by atoms with E-state index in [0.717, 1.165) is 37.6 Å². The molecule has 4 aromatic carbocycles. The summed E-state index contributed by atoms with van der Waals surface area (Å²) < 4.78 is 9.12. The molecule has 0 aliphatic heterocycles. The number of carbonyl (C=O) groups is 1. The zero-order valence-electron chi connectivity index (χ0n) is 22.8. The van der Waals surface area contributed by atoms with Crippen LogP contribution in [0, 0.1) is 0 Å². The summed E-state index contributed by atoms with van der Waals surface area (Å²) in [5.74, 6) is 1.16. The van der Waals surface area contributed by atoms with Crippen LogP contribution in [0.1, 0.15) is 11.1 Å². The van der Waals surface area contributed by atoms with Crippen LogP contribution in [-0.4, -0.2) is 37.6 Å². The quantitative estimate of drug-likeness (QED) is 0.0970. The number of rotatable bonds is 10. The molecule has 212 valence electrons. The fraction of sp³-hybridized carbons (Fsp3) is 0.0606. The molecule has 0 unspecified atom stereocenters. The second-order valence-electron chi connectivity index (χ2n) is 9.41. The first-order valence-corrected chi connectivity index (χ1v) is 15.2. The van der Waals surface area contributed by atoms with Gasteiger partial charge in [-0.15, -0.1) is 10.2 Å². The van der Waals surface area contributed by atoms with Gasteiger partial charge in [0, 0.05) is 33.7 Å². The molecular formula is C33H25BrN6O2S. The predicted molar refractivity (Wildman–Crippen MR) is 173 cm³/mol. The van der Waals surface area contributed by atoms with Crippen LogP contribution < -0.4 is 10.2 Å². The van der Waals surface area contributed by atoms with Gasteiger partial charge in [0.1, 0.15) is 12.4 Å². The third-order valence-corrected chi connectivity index (χ3v) is 7.94. The molecule has 0 atom stereocenters. The molecule has 1 N–H and O–H groups in total. The smallest absolute Gasteiger partial charge is 0.250 e. The minimum atomic E-state index is -0.272. The lowest BCUT2D eigenvalue weighted by molar-refractivity contribution is -0.118. The number of carbonyl (C=O) groups excluding carboxylic acids is 1. The molecule has 0 spiro atoms. The topological polar surface area (TPSA) is 94.3 Å². The number of aromatic nitrogens is 4. The first kappa shape index (κ1) is 28.3. The predicted octanol–water partition coefficient (Wildman–Crippen LogP) is 7.07. The highest BCUT2D eigenvalue weighted by atomic mass is 79.9. The van der Waals surface area contributed by atoms with Crippen LogP contribution in [0.4, 0.5) is 0 Å². The molecule has 6 rings (SSSR count). The Labute approximate surface area is 261 Å². The van der Waals surface area contributed by atoms with Crippen molar-refractivity contribution in [1.82, 2.24) is 25.2 Å². The second-order valence-corrected chi connectivity index (χ2v) is 11.3. The molecule has 0 aliphatic rings. The van der Waals surface area contributed by atoms with Crippen LogP contribution in [0.25, 0.3) is 27.8 Å². The molecule has 0 aliphatic carbocycles. The molecule has 0 saturated heterocycles. The van der Waals surface area contributed by atoms with E-state index in [1.165, 1.54) is 11.8 Å². The zero-order chi connectivity index (χ0) is 29.4. The van der Waals surface area contributed by atoms with E-state index in [-0.39, 0.29) is 11.7 Å². The van der Waals surface area contributed by atoms with Gasteiger partial charge in [-0.3, -0.25) is 14.3 Å². The molecule has 43 heavy (non-hydrogen) atoms. The van der Waals surface area contributed by atoms with Crippen LogP contribution >= 0.6 is 27.7 Å². The number of fused-ring (bicyclic) bond motifs is 1. The number of pyridine rings is 1. The van der Waals surface area contributed by atoms with Gasteiger partial charge < -0.3 is 4.74 Å². The Kier molecular flexibility index (Phi) is 8.86. The maximum absolute atomic E-state index is 12.9. The van der Waals surface area contributed by atoms with Gasteiger partial charge >= 0.3 is 0 Å². The van der Waals surface area contributed by atoms with Crippen LogP contribution in [0.3, 0.4) is 0 Å². The van der Waals surface area contributed by atoms with E-state index in [1.54, 1.807) is 18.6 Å². The molecule has 1 amide bonds. The summed E-state index contributed by atoms with van der Waals surface area (Å²) in [5.41, 5.74) is 6.24. The van der Waals surface area contributed by atoms with Crippen molar-refractivity contribution in [1.29, 1.82) is 0 Å². The SMILES string of the molecule is O=C(CSc1nnc(-c2ccncc2)n1-c1ccccc1)N/N=C\c1c(OCc2cccc(Br)c2)ccc2ccccc12. The summed E-state index contributed by atoms with van der Waals surface area (Å²) in [6.07, 6.45) is 5.06. The van der Waals surface area contributed by atoms with Gasteiger partial charge in [0.05, 0.1) is 12.0 Å². The molecule has 10 heteroatoms. The van der Waals surface area contributed by atoms with Gasteiger partial charge in [0.25, 0.3) is 5.91 Å². The summed E-state index contributed by atoms with van der Waals surface area (Å²) in [4.78, 5) is 17.0. The van der Waals surface area contributed by atoms with Crippen molar-refractivity contribution >= 4 is 50.6 Å². The standard InChI is InChI=1S/C33H25BrN6O2S/c34-26-9-6-7-23(19-26)21-42-30-14-13-24-8-4-5-12-28(24)29(30)20-36-37-31(41)22-43-33-39-38-32(25-15-17-35-18-16-25)40(33)27-10-2-1-3-11-27/h1-20H,21-22H2,(H,37,41)/b36-20-. The number of amides is 1. The van der Waals surface area contributed by atoms with Crippen molar-refractivity contribution in [2.45, 2.75) is 11.8 Å². The van der Waals surface area contributed by atoms with Gasteiger partial charge in [0.15, 0.2) is 11.0 Å². The van der Waals surface area contributed by atoms with Crippen LogP contribution in [-0.2, 0) is 11.4 Å². The van der Waals surface area contributed by atoms with Crippen LogP contribution in [0.5, 0.6) is 5.75 Å². The first-order valence-electron chi connectivity index (χ1n) is 13.4. The number of hydrazone groups is 1. The Hall–Kier alpha value is -4.80. The lowest BCUT2D eigenvalue weighted by Gasteiger charge is -2.12. The number of nitrogens with one attached hydrogen (secondary N) is 1. The van der Waals surface area contributed by atoms with Crippen LogP contribution in [0.2, 0.25) is 0 Å². The number of ether oxygens (including phenoxy) is 1. The Balaban J connectivity index is 1.18. The summed E-state index contributed by atoms with van der Waals surface area (Å²) in [6.45, 7) is 0.394. The largest absolute Gasteiger partial charge is 0.488 e. The number of hydrogen-bond acceptors (Lipinski definition) is 7. The third-order valence-electron chi connectivity index (χ3n) is 6.52. The van der Waals surface area contributed by atoms with Crippen molar-refractivity contribution < 1.29 is 9.53 Å². The lowest BCUT2D eigenvalue weighted by Crippen LogP contribution is -2.20. The fourth-order valence-corrected chi connectivity index (χ4v) is 5.71. The Morgan fingerprint density at radius 3 is 2.58 bits per heavy atom. The maximum atomic E-state index is 12.9. The van der Waals surface area contributed by atoms with E-state index in [4.69, 9.17) is 4.74 Å². The summed E-state index contributed by atoms with van der Waals surface area (Å²) in [5, 5.41) is 15.7. The molecule has 0 bridgehead atoms. The van der Waals surface area contributed by atoms with Crippen molar-refractivity contribution in [2.24, 2.45) is 5.10 Å². The molecule has 0 fully saturated rings. The maximum Gasteiger partial charge on any atom is 0.250 e. The normalized spacial score (nSPS) is 11.2. The molecule has 0 saturated carbocycles. The average Bonchev–Trinajstić information content (AvgIpc) is 3.48. The van der Waals surface area contributed by atoms with Gasteiger partial charge in [-0.1, -0.05) is 88.4 Å². The minimum absolute atomic E-state index is 0.0977. The lowest BCUT2D eigenvalue weighted by atomic mass is 10.0. The number of thioether (sulfide) groups is 1. The summed E-state index contributed by atoms with van der Waals surface area (Å²) in [7, 11) is 0. The van der Waals surface area contributed by atoms with Gasteiger partial charge in [0.2, 0.25) is 0 Å². The van der Waals surface area contributed by atoms with Gasteiger partial charge in [-0.05, 0) is 58.8 Å². The van der Waals surface area contributed by atoms with E-state index in [1.807, 2.05) is 108 Å². The highest BCUT2D eigenvalue weighted by Crippen LogP contribution is 2.29. The van der Waals surface area contributed by atoms with E-state index in [9.17, 15) is 4.79 Å². The highest BCUT2D eigenvalue weighted by molar-refractivity contribution is 9.10. The van der Waals surface area contributed by atoms with Crippen molar-refractivity contribution in [3.8, 4) is 22.8 Å². The Bertz CT molecular complexity index is 1900. The van der Waals surface area contributed by atoms with E-state index in [2.05, 4.69) is 41.6 Å². The molecule has 0 radical (unpaired) electrons. The molecule has 8 nitrogen and oxygen atoms in total.